The Morgan fingerprint density at radius 1 is 0.315 bits per heavy atom. The van der Waals surface area contributed by atoms with Crippen molar-refractivity contribution < 1.29 is 4.42 Å². The molecule has 0 saturated heterocycles. The predicted molar refractivity (Wildman–Crippen MR) is 228 cm³/mol. The summed E-state index contributed by atoms with van der Waals surface area (Å²) in [6, 6.07) is 75.9. The zero-order valence-electron chi connectivity index (χ0n) is 29.6. The molecule has 0 saturated carbocycles. The topological polar surface area (TPSA) is 16.4 Å². The molecule has 0 fully saturated rings. The molecule has 10 aromatic rings. The molecular weight excluding hydrogens is 655 g/mol. The lowest BCUT2D eigenvalue weighted by molar-refractivity contribution is 0.669. The van der Waals surface area contributed by atoms with Crippen molar-refractivity contribution in [1.82, 2.24) is 0 Å². The molecule has 54 heavy (non-hydrogen) atoms. The molecule has 0 aliphatic heterocycles. The van der Waals surface area contributed by atoms with E-state index >= 15 is 0 Å². The number of para-hydroxylation sites is 1. The van der Waals surface area contributed by atoms with Crippen LogP contribution in [0.5, 0.6) is 0 Å². The van der Waals surface area contributed by atoms with Crippen LogP contribution in [-0.2, 0) is 0 Å². The van der Waals surface area contributed by atoms with Gasteiger partial charge in [0.15, 0.2) is 5.58 Å². The van der Waals surface area contributed by atoms with Crippen LogP contribution in [0.25, 0.3) is 77.2 Å². The van der Waals surface area contributed by atoms with Crippen molar-refractivity contribution in [2.45, 2.75) is 0 Å². The third-order valence-corrected chi connectivity index (χ3v) is 10.4. The van der Waals surface area contributed by atoms with Crippen LogP contribution in [-0.4, -0.2) is 0 Å². The average molecular weight is 690 g/mol. The molecule has 0 unspecified atom stereocenters. The van der Waals surface area contributed by atoms with Crippen LogP contribution < -0.4 is 4.90 Å². The van der Waals surface area contributed by atoms with Gasteiger partial charge in [0.2, 0.25) is 0 Å². The average Bonchev–Trinajstić information content (AvgIpc) is 3.64. The highest BCUT2D eigenvalue weighted by atomic mass is 16.3. The molecule has 2 nitrogen and oxygen atoms in total. The maximum absolute atomic E-state index is 6.80. The fourth-order valence-electron chi connectivity index (χ4n) is 7.77. The van der Waals surface area contributed by atoms with Gasteiger partial charge < -0.3 is 9.32 Å². The standard InChI is InChI=1S/C52H35NO/c1-4-14-36(15-5-1)43-33-49-47-22-12-13-23-51(47)54-52(49)50(34-43)53(44-28-26-38(27-29-44)42-25-24-37-16-10-11-21-41(37)32-42)45-30-31-46(39-17-6-2-7-18-39)48(35-45)40-19-8-3-9-20-40/h1-35H. The first kappa shape index (κ1) is 31.6. The van der Waals surface area contributed by atoms with E-state index in [9.17, 15) is 0 Å². The van der Waals surface area contributed by atoms with Crippen molar-refractivity contribution >= 4 is 49.8 Å². The highest BCUT2D eigenvalue weighted by molar-refractivity contribution is 6.12. The number of hydrogen-bond donors (Lipinski definition) is 0. The Bertz CT molecular complexity index is 2910. The lowest BCUT2D eigenvalue weighted by atomic mass is 9.93. The molecule has 0 aliphatic rings. The summed E-state index contributed by atoms with van der Waals surface area (Å²) in [6.07, 6.45) is 0. The number of hydrogen-bond acceptors (Lipinski definition) is 2. The van der Waals surface area contributed by atoms with Gasteiger partial charge in [-0.05, 0) is 104 Å². The lowest BCUT2D eigenvalue weighted by Crippen LogP contribution is -2.11. The van der Waals surface area contributed by atoms with Crippen molar-refractivity contribution in [3.05, 3.63) is 212 Å². The van der Waals surface area contributed by atoms with E-state index in [2.05, 4.69) is 211 Å². The first-order valence-corrected chi connectivity index (χ1v) is 18.4. The van der Waals surface area contributed by atoms with E-state index in [1.165, 1.54) is 33.0 Å². The maximum Gasteiger partial charge on any atom is 0.159 e. The van der Waals surface area contributed by atoms with Crippen LogP contribution in [0.4, 0.5) is 17.1 Å². The van der Waals surface area contributed by atoms with Crippen LogP contribution in [0.15, 0.2) is 217 Å². The lowest BCUT2D eigenvalue weighted by Gasteiger charge is -2.27. The van der Waals surface area contributed by atoms with Gasteiger partial charge in [-0.1, -0.05) is 164 Å². The van der Waals surface area contributed by atoms with Crippen LogP contribution in [0.2, 0.25) is 0 Å². The Balaban J connectivity index is 1.22. The second kappa shape index (κ2) is 13.4. The van der Waals surface area contributed by atoms with E-state index in [0.717, 1.165) is 61.3 Å². The third-order valence-electron chi connectivity index (χ3n) is 10.4. The Kier molecular flexibility index (Phi) is 7.85. The minimum Gasteiger partial charge on any atom is -0.454 e. The second-order valence-corrected chi connectivity index (χ2v) is 13.7. The van der Waals surface area contributed by atoms with E-state index in [1.807, 2.05) is 6.07 Å². The van der Waals surface area contributed by atoms with Crippen LogP contribution in [0.1, 0.15) is 0 Å². The van der Waals surface area contributed by atoms with Gasteiger partial charge in [0, 0.05) is 22.1 Å². The van der Waals surface area contributed by atoms with Crippen molar-refractivity contribution in [1.29, 1.82) is 0 Å². The van der Waals surface area contributed by atoms with Crippen molar-refractivity contribution in [3.8, 4) is 44.5 Å². The Hall–Kier alpha value is -7.16. The van der Waals surface area contributed by atoms with Gasteiger partial charge in [0.1, 0.15) is 5.58 Å². The van der Waals surface area contributed by atoms with E-state index in [1.54, 1.807) is 0 Å². The monoisotopic (exact) mass is 689 g/mol. The zero-order chi connectivity index (χ0) is 35.8. The summed E-state index contributed by atoms with van der Waals surface area (Å²) < 4.78 is 6.80. The molecule has 9 aromatic carbocycles. The van der Waals surface area contributed by atoms with E-state index in [-0.39, 0.29) is 0 Å². The van der Waals surface area contributed by atoms with Gasteiger partial charge in [0.05, 0.1) is 5.69 Å². The second-order valence-electron chi connectivity index (χ2n) is 13.7. The van der Waals surface area contributed by atoms with Gasteiger partial charge in [-0.15, -0.1) is 0 Å². The Labute approximate surface area is 314 Å². The fourth-order valence-corrected chi connectivity index (χ4v) is 7.77. The summed E-state index contributed by atoms with van der Waals surface area (Å²) in [4.78, 5) is 2.36. The van der Waals surface area contributed by atoms with E-state index in [4.69, 9.17) is 4.42 Å². The van der Waals surface area contributed by atoms with Gasteiger partial charge in [-0.25, -0.2) is 0 Å². The molecule has 1 aromatic heterocycles. The summed E-state index contributed by atoms with van der Waals surface area (Å²) in [7, 11) is 0. The van der Waals surface area contributed by atoms with Crippen molar-refractivity contribution in [2.24, 2.45) is 0 Å². The minimum absolute atomic E-state index is 0.850. The number of rotatable bonds is 7. The quantitative estimate of drug-likeness (QED) is 0.166. The molecule has 0 radical (unpaired) electrons. The van der Waals surface area contributed by atoms with Crippen molar-refractivity contribution in [3.63, 3.8) is 0 Å². The van der Waals surface area contributed by atoms with Crippen LogP contribution in [0, 0.1) is 0 Å². The Morgan fingerprint density at radius 3 is 1.63 bits per heavy atom. The van der Waals surface area contributed by atoms with Gasteiger partial charge >= 0.3 is 0 Å². The van der Waals surface area contributed by atoms with Gasteiger partial charge in [-0.3, -0.25) is 0 Å². The van der Waals surface area contributed by atoms with Crippen LogP contribution >= 0.6 is 0 Å². The molecule has 10 rings (SSSR count). The van der Waals surface area contributed by atoms with Crippen LogP contribution in [0.3, 0.4) is 0 Å². The molecular formula is C52H35NO. The van der Waals surface area contributed by atoms with Gasteiger partial charge in [0.25, 0.3) is 0 Å². The molecule has 0 N–H and O–H groups in total. The van der Waals surface area contributed by atoms with E-state index < -0.39 is 0 Å². The summed E-state index contributed by atoms with van der Waals surface area (Å²) >= 11 is 0. The van der Waals surface area contributed by atoms with Gasteiger partial charge in [-0.2, -0.15) is 0 Å². The third kappa shape index (κ3) is 5.71. The number of nitrogens with zero attached hydrogens (tertiary/aromatic N) is 1. The molecule has 0 amide bonds. The number of furan rings is 1. The minimum atomic E-state index is 0.850. The molecule has 254 valence electrons. The zero-order valence-corrected chi connectivity index (χ0v) is 29.6. The fraction of sp³-hybridized carbons (Fsp3) is 0. The largest absolute Gasteiger partial charge is 0.454 e. The molecule has 0 aliphatic carbocycles. The number of fused-ring (bicyclic) bond motifs is 4. The molecule has 0 spiro atoms. The summed E-state index contributed by atoms with van der Waals surface area (Å²) in [5, 5.41) is 4.66. The summed E-state index contributed by atoms with van der Waals surface area (Å²) in [6.45, 7) is 0. The first-order valence-electron chi connectivity index (χ1n) is 18.4. The number of anilines is 3. The first-order chi connectivity index (χ1) is 26.8. The normalized spacial score (nSPS) is 11.3. The Morgan fingerprint density at radius 2 is 0.889 bits per heavy atom. The van der Waals surface area contributed by atoms with Crippen molar-refractivity contribution in [2.75, 3.05) is 4.90 Å². The SMILES string of the molecule is c1ccc(-c2cc(N(c3ccc(-c4ccc5ccccc5c4)cc3)c3ccc(-c4ccccc4)c(-c4ccccc4)c3)c3oc4ccccc4c3c2)cc1. The summed E-state index contributed by atoms with van der Waals surface area (Å²) in [5.74, 6) is 0. The predicted octanol–water partition coefficient (Wildman–Crippen LogP) is 14.9. The molecule has 1 heterocycles. The smallest absolute Gasteiger partial charge is 0.159 e. The van der Waals surface area contributed by atoms with E-state index in [0.29, 0.717) is 0 Å². The molecule has 0 atom stereocenters. The molecule has 2 heteroatoms. The maximum atomic E-state index is 6.80. The summed E-state index contributed by atoms with van der Waals surface area (Å²) in [5.41, 5.74) is 14.1. The molecule has 0 bridgehead atoms. The number of benzene rings is 9. The highest BCUT2D eigenvalue weighted by Gasteiger charge is 2.23. The highest BCUT2D eigenvalue weighted by Crippen LogP contribution is 2.46.